The first-order chi connectivity index (χ1) is 17.5. The first kappa shape index (κ1) is 22.7. The summed E-state index contributed by atoms with van der Waals surface area (Å²) >= 11 is 7.63. The van der Waals surface area contributed by atoms with Gasteiger partial charge in [0.25, 0.3) is 5.91 Å². The Morgan fingerprint density at radius 3 is 2.50 bits per heavy atom. The van der Waals surface area contributed by atoms with Crippen LogP contribution in [0.1, 0.15) is 23.6 Å². The van der Waals surface area contributed by atoms with Gasteiger partial charge in [0.1, 0.15) is 5.82 Å². The maximum atomic E-state index is 13.7. The number of para-hydroxylation sites is 1. The molecule has 1 unspecified atom stereocenters. The predicted octanol–water partition coefficient (Wildman–Crippen LogP) is 6.11. The van der Waals surface area contributed by atoms with Crippen molar-refractivity contribution in [3.63, 3.8) is 0 Å². The smallest absolute Gasteiger partial charge is 0.258 e. The zero-order chi connectivity index (χ0) is 24.6. The molecule has 0 aliphatic carbocycles. The number of halogens is 2. The molecule has 3 heterocycles. The number of hydrogen-bond donors (Lipinski definition) is 0. The molecule has 6 rings (SSSR count). The predicted molar refractivity (Wildman–Crippen MR) is 141 cm³/mol. The lowest BCUT2D eigenvalue weighted by molar-refractivity contribution is -0.115. The molecule has 0 saturated carbocycles. The van der Waals surface area contributed by atoms with E-state index in [0.717, 1.165) is 28.1 Å². The van der Waals surface area contributed by atoms with Gasteiger partial charge in [0.15, 0.2) is 5.17 Å². The van der Waals surface area contributed by atoms with Gasteiger partial charge in [-0.3, -0.25) is 4.79 Å². The first-order valence-electron chi connectivity index (χ1n) is 11.3. The van der Waals surface area contributed by atoms with Crippen molar-refractivity contribution in [2.24, 2.45) is 10.1 Å². The van der Waals surface area contributed by atoms with Crippen molar-refractivity contribution >= 4 is 40.1 Å². The fourth-order valence-corrected chi connectivity index (χ4v) is 5.34. The Morgan fingerprint density at radius 2 is 1.78 bits per heavy atom. The molecule has 0 saturated heterocycles. The second-order valence-corrected chi connectivity index (χ2v) is 9.80. The summed E-state index contributed by atoms with van der Waals surface area (Å²) in [5.74, 6) is -0.208. The molecule has 6 nitrogen and oxygen atoms in total. The van der Waals surface area contributed by atoms with E-state index in [1.165, 1.54) is 23.9 Å². The highest BCUT2D eigenvalue weighted by Gasteiger charge is 2.37. The number of amidine groups is 1. The first-order valence-corrected chi connectivity index (χ1v) is 12.7. The molecule has 0 radical (unpaired) electrons. The van der Waals surface area contributed by atoms with E-state index >= 15 is 0 Å². The molecule has 4 aromatic rings. The van der Waals surface area contributed by atoms with E-state index in [9.17, 15) is 9.18 Å². The van der Waals surface area contributed by atoms with Gasteiger partial charge in [0.2, 0.25) is 0 Å². The van der Waals surface area contributed by atoms with E-state index in [4.69, 9.17) is 21.8 Å². The summed E-state index contributed by atoms with van der Waals surface area (Å²) in [6.45, 7) is 0. The molecule has 0 fully saturated rings. The van der Waals surface area contributed by atoms with Gasteiger partial charge in [-0.15, -0.1) is 0 Å². The molecule has 1 atom stereocenters. The van der Waals surface area contributed by atoms with Crippen LogP contribution in [-0.2, 0) is 4.79 Å². The summed E-state index contributed by atoms with van der Waals surface area (Å²) in [7, 11) is 0. The highest BCUT2D eigenvalue weighted by atomic mass is 35.5. The minimum Gasteiger partial charge on any atom is -0.272 e. The zero-order valence-electron chi connectivity index (χ0n) is 18.9. The number of benzene rings is 3. The van der Waals surface area contributed by atoms with Gasteiger partial charge < -0.3 is 0 Å². The molecule has 0 N–H and O–H groups in total. The Bertz CT molecular complexity index is 1520. The number of hydrogen-bond acceptors (Lipinski definition) is 5. The molecule has 178 valence electrons. The molecule has 9 heteroatoms. The number of rotatable bonds is 4. The lowest BCUT2D eigenvalue weighted by atomic mass is 9.96. The Labute approximate surface area is 216 Å². The minimum absolute atomic E-state index is 0.182. The van der Waals surface area contributed by atoms with Crippen LogP contribution in [0, 0.1) is 5.82 Å². The fraction of sp³-hybridized carbons (Fsp3) is 0.111. The molecule has 0 bridgehead atoms. The summed E-state index contributed by atoms with van der Waals surface area (Å²) in [6, 6.07) is 23.4. The number of hydrazone groups is 1. The molecular weight excluding hydrogens is 497 g/mol. The number of aromatic nitrogens is 2. The van der Waals surface area contributed by atoms with Gasteiger partial charge in [0, 0.05) is 28.8 Å². The fourth-order valence-electron chi connectivity index (χ4n) is 4.36. The van der Waals surface area contributed by atoms with Crippen LogP contribution in [0.25, 0.3) is 16.9 Å². The summed E-state index contributed by atoms with van der Waals surface area (Å²) in [5.41, 5.74) is 5.04. The number of carbonyl (C=O) groups is 1. The van der Waals surface area contributed by atoms with Crippen LogP contribution in [0.3, 0.4) is 0 Å². The third kappa shape index (κ3) is 4.34. The highest BCUT2D eigenvalue weighted by Crippen LogP contribution is 2.40. The quantitative estimate of drug-likeness (QED) is 0.329. The summed E-state index contributed by atoms with van der Waals surface area (Å²) < 4.78 is 15.6. The van der Waals surface area contributed by atoms with Crippen molar-refractivity contribution in [3.05, 3.63) is 107 Å². The second kappa shape index (κ2) is 9.37. The number of aliphatic imine (C=N–C) groups is 1. The van der Waals surface area contributed by atoms with Crippen LogP contribution in [0.15, 0.2) is 95.2 Å². The molecule has 3 aromatic carbocycles. The Balaban J connectivity index is 1.49. The minimum atomic E-state index is -0.313. The summed E-state index contributed by atoms with van der Waals surface area (Å²) in [5, 5.41) is 12.8. The Morgan fingerprint density at radius 1 is 0.972 bits per heavy atom. The van der Waals surface area contributed by atoms with E-state index in [0.29, 0.717) is 22.3 Å². The number of amides is 1. The molecule has 2 aliphatic heterocycles. The second-order valence-electron chi connectivity index (χ2n) is 8.42. The average molecular weight is 516 g/mol. The number of carbonyl (C=O) groups excluding carboxylic acids is 1. The van der Waals surface area contributed by atoms with Gasteiger partial charge in [-0.2, -0.15) is 15.2 Å². The van der Waals surface area contributed by atoms with Crippen molar-refractivity contribution in [2.45, 2.75) is 12.5 Å². The summed E-state index contributed by atoms with van der Waals surface area (Å²) in [6.07, 6.45) is 2.53. The van der Waals surface area contributed by atoms with Crippen LogP contribution in [0.2, 0.25) is 5.02 Å². The van der Waals surface area contributed by atoms with Crippen LogP contribution in [0.5, 0.6) is 0 Å². The van der Waals surface area contributed by atoms with Crippen molar-refractivity contribution in [1.82, 2.24) is 14.8 Å². The van der Waals surface area contributed by atoms with E-state index < -0.39 is 0 Å². The molecule has 1 aromatic heterocycles. The maximum Gasteiger partial charge on any atom is 0.258 e. The van der Waals surface area contributed by atoms with E-state index in [2.05, 4.69) is 4.99 Å². The third-order valence-electron chi connectivity index (χ3n) is 6.05. The van der Waals surface area contributed by atoms with Crippen LogP contribution < -0.4 is 0 Å². The molecule has 2 aliphatic rings. The molecule has 1 amide bonds. The molecule has 36 heavy (non-hydrogen) atoms. The Kier molecular flexibility index (Phi) is 5.91. The van der Waals surface area contributed by atoms with E-state index in [-0.39, 0.29) is 23.5 Å². The SMILES string of the molecule is O=C1CSC(N2N=C(c3cccc(Cl)c3)CC2c2cn(-c3ccccc3)nc2-c2ccc(F)cc2)=N1. The normalized spacial score (nSPS) is 17.4. The lowest BCUT2D eigenvalue weighted by Gasteiger charge is -2.22. The molecular formula is C27H19ClFN5OS. The van der Waals surface area contributed by atoms with Gasteiger partial charge in [-0.05, 0) is 54.1 Å². The standard InChI is InChI=1S/C27H19ClFN5OS/c28-19-6-4-5-18(13-19)23-14-24(34(31-23)27-30-25(35)16-36-27)22-15-33(21-7-2-1-3-8-21)32-26(22)17-9-11-20(29)12-10-17/h1-13,15,24H,14,16H2. The largest absolute Gasteiger partial charge is 0.272 e. The van der Waals surface area contributed by atoms with E-state index in [1.807, 2.05) is 70.5 Å². The van der Waals surface area contributed by atoms with Gasteiger partial charge in [0.05, 0.1) is 28.9 Å². The number of nitrogens with zero attached hydrogens (tertiary/aromatic N) is 5. The number of thioether (sulfide) groups is 1. The zero-order valence-corrected chi connectivity index (χ0v) is 20.5. The lowest BCUT2D eigenvalue weighted by Crippen LogP contribution is -2.24. The van der Waals surface area contributed by atoms with Crippen LogP contribution >= 0.6 is 23.4 Å². The maximum absolute atomic E-state index is 13.7. The van der Waals surface area contributed by atoms with Crippen molar-refractivity contribution in [1.29, 1.82) is 0 Å². The Hall–Kier alpha value is -3.75. The van der Waals surface area contributed by atoms with Gasteiger partial charge in [-0.25, -0.2) is 14.1 Å². The monoisotopic (exact) mass is 515 g/mol. The van der Waals surface area contributed by atoms with Crippen molar-refractivity contribution in [3.8, 4) is 16.9 Å². The van der Waals surface area contributed by atoms with Gasteiger partial charge in [-0.1, -0.05) is 53.7 Å². The van der Waals surface area contributed by atoms with Gasteiger partial charge >= 0.3 is 0 Å². The molecule has 0 spiro atoms. The average Bonchev–Trinajstić information content (AvgIpc) is 3.63. The summed E-state index contributed by atoms with van der Waals surface area (Å²) in [4.78, 5) is 16.2. The highest BCUT2D eigenvalue weighted by molar-refractivity contribution is 8.14. The van der Waals surface area contributed by atoms with E-state index in [1.54, 1.807) is 12.1 Å². The van der Waals surface area contributed by atoms with Crippen LogP contribution in [-0.4, -0.2) is 37.3 Å². The third-order valence-corrected chi connectivity index (χ3v) is 7.21. The van der Waals surface area contributed by atoms with Crippen LogP contribution in [0.4, 0.5) is 4.39 Å². The van der Waals surface area contributed by atoms with Crippen molar-refractivity contribution < 1.29 is 9.18 Å². The topological polar surface area (TPSA) is 62.9 Å². The van der Waals surface area contributed by atoms with Crippen molar-refractivity contribution in [2.75, 3.05) is 5.75 Å².